The number of primary amides is 1. The Morgan fingerprint density at radius 3 is 1.81 bits per heavy atom. The van der Waals surface area contributed by atoms with Gasteiger partial charge >= 0.3 is 6.61 Å². The van der Waals surface area contributed by atoms with E-state index in [1.165, 1.54) is 17.0 Å². The third kappa shape index (κ3) is 6.02. The number of hydrogen-bond donors (Lipinski definition) is 1. The second-order valence-corrected chi connectivity index (χ2v) is 6.70. The summed E-state index contributed by atoms with van der Waals surface area (Å²) in [5.41, 5.74) is 6.84. The summed E-state index contributed by atoms with van der Waals surface area (Å²) in [6.07, 6.45) is 0. The number of nitrogens with zero attached hydrogens (tertiary/aromatic N) is 1. The summed E-state index contributed by atoms with van der Waals surface area (Å²) in [6.45, 7) is -2.57. The predicted octanol–water partition coefficient (Wildman–Crippen LogP) is 4.45. The molecule has 8 heteroatoms. The molecule has 0 fully saturated rings. The molecule has 0 aliphatic carbocycles. The van der Waals surface area contributed by atoms with Gasteiger partial charge in [0.1, 0.15) is 17.2 Å². The molecule has 0 radical (unpaired) electrons. The topological polar surface area (TPSA) is 81.9 Å². The van der Waals surface area contributed by atoms with E-state index in [9.17, 15) is 18.4 Å². The number of rotatable bonds is 8. The first-order valence-corrected chi connectivity index (χ1v) is 9.29. The monoisotopic (exact) mass is 426 g/mol. The molecule has 0 saturated carbocycles. The minimum Gasteiger partial charge on any atom is -0.457 e. The third-order valence-electron chi connectivity index (χ3n) is 4.39. The third-order valence-corrected chi connectivity index (χ3v) is 4.39. The normalized spacial score (nSPS) is 10.6. The van der Waals surface area contributed by atoms with Crippen LogP contribution in [0.25, 0.3) is 0 Å². The highest BCUT2D eigenvalue weighted by Crippen LogP contribution is 2.23. The number of carbonyl (C=O) groups excluding carboxylic acids is 2. The molecule has 160 valence electrons. The van der Waals surface area contributed by atoms with Crippen LogP contribution in [0.1, 0.15) is 26.3 Å². The number of carbonyl (C=O) groups is 2. The van der Waals surface area contributed by atoms with Crippen molar-refractivity contribution in [2.24, 2.45) is 5.73 Å². The lowest BCUT2D eigenvalue weighted by Gasteiger charge is -2.18. The molecule has 3 rings (SSSR count). The van der Waals surface area contributed by atoms with Crippen molar-refractivity contribution in [3.05, 3.63) is 89.5 Å². The summed E-state index contributed by atoms with van der Waals surface area (Å²) < 4.78 is 34.5. The molecule has 0 atom stereocenters. The van der Waals surface area contributed by atoms with Gasteiger partial charge in [0.25, 0.3) is 5.91 Å². The molecule has 0 heterocycles. The minimum absolute atomic E-state index is 0.0626. The van der Waals surface area contributed by atoms with Gasteiger partial charge in [0.05, 0.1) is 0 Å². The molecule has 3 aromatic rings. The molecule has 31 heavy (non-hydrogen) atoms. The van der Waals surface area contributed by atoms with E-state index < -0.39 is 12.5 Å². The largest absolute Gasteiger partial charge is 0.457 e. The molecule has 0 aliphatic heterocycles. The number of ether oxygens (including phenoxy) is 2. The van der Waals surface area contributed by atoms with Crippen LogP contribution in [0, 0.1) is 0 Å². The smallest absolute Gasteiger partial charge is 0.387 e. The minimum atomic E-state index is -2.88. The average molecular weight is 426 g/mol. The van der Waals surface area contributed by atoms with Crippen molar-refractivity contribution in [2.45, 2.75) is 13.2 Å². The Balaban J connectivity index is 1.59. The number of benzene rings is 3. The van der Waals surface area contributed by atoms with Gasteiger partial charge in [0.2, 0.25) is 5.91 Å². The van der Waals surface area contributed by atoms with Gasteiger partial charge in [-0.25, -0.2) is 0 Å². The van der Waals surface area contributed by atoms with Crippen molar-refractivity contribution >= 4 is 11.8 Å². The van der Waals surface area contributed by atoms with E-state index in [2.05, 4.69) is 4.74 Å². The lowest BCUT2D eigenvalue weighted by atomic mass is 10.1. The van der Waals surface area contributed by atoms with Crippen LogP contribution < -0.4 is 15.2 Å². The fourth-order valence-electron chi connectivity index (χ4n) is 2.83. The molecule has 2 amide bonds. The Morgan fingerprint density at radius 2 is 1.32 bits per heavy atom. The van der Waals surface area contributed by atoms with Gasteiger partial charge in [-0.2, -0.15) is 8.78 Å². The average Bonchev–Trinajstić information content (AvgIpc) is 2.75. The quantitative estimate of drug-likeness (QED) is 0.577. The van der Waals surface area contributed by atoms with Gasteiger partial charge in [-0.05, 0) is 66.2 Å². The second kappa shape index (κ2) is 9.71. The van der Waals surface area contributed by atoms with Crippen molar-refractivity contribution in [2.75, 3.05) is 7.05 Å². The van der Waals surface area contributed by atoms with Gasteiger partial charge in [0.15, 0.2) is 0 Å². The Labute approximate surface area is 177 Å². The van der Waals surface area contributed by atoms with Crippen LogP contribution >= 0.6 is 0 Å². The number of hydrogen-bond acceptors (Lipinski definition) is 4. The Hall–Kier alpha value is -3.94. The molecule has 2 N–H and O–H groups in total. The SMILES string of the molecule is CN(Cc1ccc(OC(F)F)cc1)C(=O)c1ccc(Oc2ccc(C(N)=O)cc2)cc1. The molecule has 3 aromatic carbocycles. The molecule has 6 nitrogen and oxygen atoms in total. The van der Waals surface area contributed by atoms with E-state index in [1.807, 2.05) is 0 Å². The highest BCUT2D eigenvalue weighted by Gasteiger charge is 2.13. The summed E-state index contributed by atoms with van der Waals surface area (Å²) in [5, 5.41) is 0. The molecule has 0 aromatic heterocycles. The molecular weight excluding hydrogens is 406 g/mol. The van der Waals surface area contributed by atoms with Crippen molar-refractivity contribution < 1.29 is 27.8 Å². The first-order valence-electron chi connectivity index (χ1n) is 9.29. The van der Waals surface area contributed by atoms with Crippen LogP contribution in [-0.2, 0) is 6.54 Å². The number of alkyl halides is 2. The van der Waals surface area contributed by atoms with Crippen LogP contribution in [0.2, 0.25) is 0 Å². The molecule has 0 aliphatic rings. The highest BCUT2D eigenvalue weighted by molar-refractivity contribution is 5.94. The number of amides is 2. The van der Waals surface area contributed by atoms with Crippen molar-refractivity contribution in [3.8, 4) is 17.2 Å². The molecule has 0 spiro atoms. The van der Waals surface area contributed by atoms with E-state index in [0.29, 0.717) is 29.2 Å². The van der Waals surface area contributed by atoms with Gasteiger partial charge in [-0.15, -0.1) is 0 Å². The lowest BCUT2D eigenvalue weighted by Crippen LogP contribution is -2.26. The summed E-state index contributed by atoms with van der Waals surface area (Å²) in [6, 6.07) is 19.1. The summed E-state index contributed by atoms with van der Waals surface area (Å²) in [4.78, 5) is 25.3. The van der Waals surface area contributed by atoms with Gasteiger partial charge in [0, 0.05) is 24.7 Å². The van der Waals surface area contributed by atoms with Crippen LogP contribution in [0.3, 0.4) is 0 Å². The second-order valence-electron chi connectivity index (χ2n) is 6.70. The van der Waals surface area contributed by atoms with Crippen molar-refractivity contribution in [3.63, 3.8) is 0 Å². The standard InChI is InChI=1S/C23H20F2N2O4/c1-27(14-15-2-8-20(9-3-15)31-23(24)25)22(29)17-6-12-19(13-7-17)30-18-10-4-16(5-11-18)21(26)28/h2-13,23H,14H2,1H3,(H2,26,28). The fourth-order valence-corrected chi connectivity index (χ4v) is 2.83. The van der Waals surface area contributed by atoms with Crippen LogP contribution in [0.4, 0.5) is 8.78 Å². The Morgan fingerprint density at radius 1 is 0.839 bits per heavy atom. The van der Waals surface area contributed by atoms with Crippen LogP contribution in [0.15, 0.2) is 72.8 Å². The van der Waals surface area contributed by atoms with E-state index in [0.717, 1.165) is 5.56 Å². The zero-order valence-corrected chi connectivity index (χ0v) is 16.6. The van der Waals surface area contributed by atoms with Crippen LogP contribution in [0.5, 0.6) is 17.2 Å². The number of halogens is 2. The van der Waals surface area contributed by atoms with E-state index in [4.69, 9.17) is 10.5 Å². The summed E-state index contributed by atoms with van der Waals surface area (Å²) >= 11 is 0. The van der Waals surface area contributed by atoms with E-state index in [1.54, 1.807) is 67.7 Å². The fraction of sp³-hybridized carbons (Fsp3) is 0.130. The number of nitrogens with two attached hydrogens (primary N) is 1. The maximum Gasteiger partial charge on any atom is 0.387 e. The maximum atomic E-state index is 12.6. The summed E-state index contributed by atoms with van der Waals surface area (Å²) in [7, 11) is 1.65. The molecular formula is C23H20F2N2O4. The first kappa shape index (κ1) is 21.8. The zero-order chi connectivity index (χ0) is 22.4. The van der Waals surface area contributed by atoms with Gasteiger partial charge in [-0.1, -0.05) is 12.1 Å². The lowest BCUT2D eigenvalue weighted by molar-refractivity contribution is -0.0498. The Kier molecular flexibility index (Phi) is 6.81. The van der Waals surface area contributed by atoms with Crippen molar-refractivity contribution in [1.29, 1.82) is 0 Å². The van der Waals surface area contributed by atoms with E-state index in [-0.39, 0.29) is 11.7 Å². The van der Waals surface area contributed by atoms with E-state index >= 15 is 0 Å². The molecule has 0 saturated heterocycles. The van der Waals surface area contributed by atoms with Gasteiger partial charge in [-0.3, -0.25) is 9.59 Å². The maximum absolute atomic E-state index is 12.6. The summed E-state index contributed by atoms with van der Waals surface area (Å²) in [5.74, 6) is 0.398. The molecule has 0 unspecified atom stereocenters. The van der Waals surface area contributed by atoms with Crippen molar-refractivity contribution in [1.82, 2.24) is 4.90 Å². The highest BCUT2D eigenvalue weighted by atomic mass is 19.3. The zero-order valence-electron chi connectivity index (χ0n) is 16.6. The van der Waals surface area contributed by atoms with Crippen LogP contribution in [-0.4, -0.2) is 30.4 Å². The van der Waals surface area contributed by atoms with Gasteiger partial charge < -0.3 is 20.1 Å². The Bertz CT molecular complexity index is 1040. The molecule has 0 bridgehead atoms. The first-order chi connectivity index (χ1) is 14.8. The predicted molar refractivity (Wildman–Crippen MR) is 110 cm³/mol.